The van der Waals surface area contributed by atoms with Gasteiger partial charge in [0.2, 0.25) is 0 Å². The van der Waals surface area contributed by atoms with Gasteiger partial charge in [-0.25, -0.2) is 4.98 Å². The highest BCUT2D eigenvalue weighted by atomic mass is 35.5. The molecule has 5 nitrogen and oxygen atoms in total. The molecular formula is C14H19ClN4OS. The fraction of sp³-hybridized carbons (Fsp3) is 0.500. The number of nitrogens with zero attached hydrogens (tertiary/aromatic N) is 4. The molecule has 0 saturated carbocycles. The summed E-state index contributed by atoms with van der Waals surface area (Å²) in [7, 11) is 3.49. The van der Waals surface area contributed by atoms with Crippen LogP contribution in [0.15, 0.2) is 0 Å². The highest BCUT2D eigenvalue weighted by Crippen LogP contribution is 2.28. The lowest BCUT2D eigenvalue weighted by atomic mass is 10.2. The van der Waals surface area contributed by atoms with Crippen LogP contribution in [0.5, 0.6) is 0 Å². The summed E-state index contributed by atoms with van der Waals surface area (Å²) in [6.45, 7) is 7.75. The second-order valence-electron chi connectivity index (χ2n) is 5.14. The van der Waals surface area contributed by atoms with Gasteiger partial charge in [-0.1, -0.05) is 11.6 Å². The van der Waals surface area contributed by atoms with Gasteiger partial charge in [-0.05, 0) is 27.7 Å². The summed E-state index contributed by atoms with van der Waals surface area (Å²) < 4.78 is 1.53. The summed E-state index contributed by atoms with van der Waals surface area (Å²) in [6, 6.07) is -0.117. The zero-order chi connectivity index (χ0) is 15.9. The van der Waals surface area contributed by atoms with Gasteiger partial charge in [0, 0.05) is 19.0 Å². The van der Waals surface area contributed by atoms with Gasteiger partial charge in [-0.2, -0.15) is 5.10 Å². The molecule has 2 aromatic rings. The predicted molar refractivity (Wildman–Crippen MR) is 85.1 cm³/mol. The molecule has 0 radical (unpaired) electrons. The van der Waals surface area contributed by atoms with Crippen LogP contribution < -0.4 is 0 Å². The van der Waals surface area contributed by atoms with Gasteiger partial charge >= 0.3 is 0 Å². The van der Waals surface area contributed by atoms with Crippen molar-refractivity contribution in [3.05, 3.63) is 32.0 Å². The van der Waals surface area contributed by atoms with Crippen molar-refractivity contribution in [2.75, 3.05) is 7.05 Å². The third-order valence-corrected chi connectivity index (χ3v) is 4.94. The minimum atomic E-state index is -0.152. The molecule has 114 valence electrons. The van der Waals surface area contributed by atoms with Gasteiger partial charge in [0.05, 0.1) is 27.5 Å². The van der Waals surface area contributed by atoms with Crippen LogP contribution in [0.1, 0.15) is 44.7 Å². The molecule has 21 heavy (non-hydrogen) atoms. The van der Waals surface area contributed by atoms with Crippen molar-refractivity contribution in [3.8, 4) is 0 Å². The number of thiazole rings is 1. The summed E-state index contributed by atoms with van der Waals surface area (Å²) in [6.07, 6.45) is 0. The van der Waals surface area contributed by atoms with Gasteiger partial charge in [0.1, 0.15) is 5.69 Å². The maximum atomic E-state index is 12.7. The second-order valence-corrected chi connectivity index (χ2v) is 6.92. The van der Waals surface area contributed by atoms with Crippen LogP contribution in [0, 0.1) is 20.8 Å². The molecule has 7 heteroatoms. The van der Waals surface area contributed by atoms with E-state index < -0.39 is 0 Å². The highest BCUT2D eigenvalue weighted by molar-refractivity contribution is 7.11. The summed E-state index contributed by atoms with van der Waals surface area (Å²) >= 11 is 7.83. The van der Waals surface area contributed by atoms with Crippen molar-refractivity contribution in [1.82, 2.24) is 19.7 Å². The Balaban J connectivity index is 2.33. The number of carbonyl (C=O) groups excluding carboxylic acids is 1. The van der Waals surface area contributed by atoms with Gasteiger partial charge < -0.3 is 4.90 Å². The Morgan fingerprint density at radius 2 is 2.00 bits per heavy atom. The first kappa shape index (κ1) is 16.0. The molecule has 2 rings (SSSR count). The molecule has 0 unspecified atom stereocenters. The molecule has 2 aromatic heterocycles. The van der Waals surface area contributed by atoms with Crippen LogP contribution in [0.2, 0.25) is 5.02 Å². The molecule has 0 aliphatic carbocycles. The normalized spacial score (nSPS) is 12.5. The van der Waals surface area contributed by atoms with Crippen molar-refractivity contribution in [2.45, 2.75) is 33.7 Å². The largest absolute Gasteiger partial charge is 0.332 e. The third kappa shape index (κ3) is 2.82. The predicted octanol–water partition coefficient (Wildman–Crippen LogP) is 3.29. The van der Waals surface area contributed by atoms with Gasteiger partial charge in [-0.15, -0.1) is 11.3 Å². The van der Waals surface area contributed by atoms with Crippen LogP contribution >= 0.6 is 22.9 Å². The Kier molecular flexibility index (Phi) is 4.39. The minimum Gasteiger partial charge on any atom is -0.332 e. The van der Waals surface area contributed by atoms with E-state index in [1.807, 2.05) is 20.8 Å². The number of aromatic nitrogens is 3. The maximum absolute atomic E-state index is 12.7. The lowest BCUT2D eigenvalue weighted by Gasteiger charge is -2.24. The van der Waals surface area contributed by atoms with Gasteiger partial charge in [0.15, 0.2) is 0 Å². The molecule has 0 aliphatic rings. The average Bonchev–Trinajstić information content (AvgIpc) is 2.87. The molecule has 0 spiro atoms. The first-order chi connectivity index (χ1) is 9.73. The van der Waals surface area contributed by atoms with Crippen molar-refractivity contribution >= 4 is 28.8 Å². The van der Waals surface area contributed by atoms with E-state index in [2.05, 4.69) is 10.1 Å². The summed E-state index contributed by atoms with van der Waals surface area (Å²) in [5.74, 6) is -0.152. The number of aryl methyl sites for hydroxylation is 4. The van der Waals surface area contributed by atoms with Crippen molar-refractivity contribution < 1.29 is 4.79 Å². The standard InChI is InChI=1S/C14H19ClN4OS/c1-7-11(15)13(19(6)17-7)14(20)18(5)8(2)12-9(3)21-10(4)16-12/h8H,1-6H3/t8-/m1/s1. The van der Waals surface area contributed by atoms with Crippen molar-refractivity contribution in [1.29, 1.82) is 0 Å². The number of carbonyl (C=O) groups is 1. The number of hydrogen-bond acceptors (Lipinski definition) is 4. The molecule has 0 fully saturated rings. The molecule has 0 bridgehead atoms. The monoisotopic (exact) mass is 326 g/mol. The molecule has 0 saturated heterocycles. The van der Waals surface area contributed by atoms with Crippen LogP contribution in [0.25, 0.3) is 0 Å². The minimum absolute atomic E-state index is 0.117. The smallest absolute Gasteiger partial charge is 0.273 e. The number of halogens is 1. The molecule has 1 amide bonds. The van der Waals surface area contributed by atoms with E-state index in [1.165, 1.54) is 4.68 Å². The highest BCUT2D eigenvalue weighted by Gasteiger charge is 2.27. The fourth-order valence-electron chi connectivity index (χ4n) is 2.32. The van der Waals surface area contributed by atoms with Gasteiger partial charge in [-0.3, -0.25) is 9.48 Å². The molecule has 0 N–H and O–H groups in total. The first-order valence-electron chi connectivity index (χ1n) is 6.64. The number of rotatable bonds is 3. The van der Waals surface area contributed by atoms with Crippen LogP contribution in [-0.4, -0.2) is 32.6 Å². The number of hydrogen-bond donors (Lipinski definition) is 0. The second kappa shape index (κ2) is 5.77. The first-order valence-corrected chi connectivity index (χ1v) is 7.83. The Morgan fingerprint density at radius 1 is 1.38 bits per heavy atom. The lowest BCUT2D eigenvalue weighted by molar-refractivity contribution is 0.0729. The Morgan fingerprint density at radius 3 is 2.43 bits per heavy atom. The van der Waals surface area contributed by atoms with Crippen LogP contribution in [0.4, 0.5) is 0 Å². The van der Waals surface area contributed by atoms with E-state index in [9.17, 15) is 4.79 Å². The third-order valence-electron chi connectivity index (χ3n) is 3.59. The zero-order valence-corrected chi connectivity index (χ0v) is 14.6. The molecule has 2 heterocycles. The maximum Gasteiger partial charge on any atom is 0.273 e. The molecule has 0 aromatic carbocycles. The zero-order valence-electron chi connectivity index (χ0n) is 13.1. The summed E-state index contributed by atoms with van der Waals surface area (Å²) in [4.78, 5) is 20.0. The number of amides is 1. The fourth-order valence-corrected chi connectivity index (χ4v) is 3.47. The van der Waals surface area contributed by atoms with Crippen LogP contribution in [-0.2, 0) is 7.05 Å². The van der Waals surface area contributed by atoms with E-state index in [-0.39, 0.29) is 11.9 Å². The van der Waals surface area contributed by atoms with E-state index >= 15 is 0 Å². The molecular weight excluding hydrogens is 308 g/mol. The van der Waals surface area contributed by atoms with E-state index in [1.54, 1.807) is 37.3 Å². The Labute approximate surface area is 133 Å². The van der Waals surface area contributed by atoms with Crippen LogP contribution in [0.3, 0.4) is 0 Å². The van der Waals surface area contributed by atoms with E-state index in [4.69, 9.17) is 11.6 Å². The van der Waals surface area contributed by atoms with Crippen molar-refractivity contribution in [3.63, 3.8) is 0 Å². The lowest BCUT2D eigenvalue weighted by Crippen LogP contribution is -2.31. The summed E-state index contributed by atoms with van der Waals surface area (Å²) in [5, 5.41) is 5.61. The average molecular weight is 327 g/mol. The van der Waals surface area contributed by atoms with E-state index in [0.717, 1.165) is 15.6 Å². The Hall–Kier alpha value is -1.40. The molecule has 1 atom stereocenters. The van der Waals surface area contributed by atoms with E-state index in [0.29, 0.717) is 16.4 Å². The SMILES string of the molecule is Cc1nc([C@@H](C)N(C)C(=O)c2c(Cl)c(C)nn2C)c(C)s1. The molecule has 0 aliphatic heterocycles. The topological polar surface area (TPSA) is 51.0 Å². The quantitative estimate of drug-likeness (QED) is 0.869. The summed E-state index contributed by atoms with van der Waals surface area (Å²) in [5.41, 5.74) is 2.00. The van der Waals surface area contributed by atoms with Crippen molar-refractivity contribution in [2.24, 2.45) is 7.05 Å². The Bertz CT molecular complexity index is 691. The van der Waals surface area contributed by atoms with Gasteiger partial charge in [0.25, 0.3) is 5.91 Å².